The van der Waals surface area contributed by atoms with Crippen LogP contribution in [0.3, 0.4) is 0 Å². The molecule has 0 N–H and O–H groups in total. The maximum absolute atomic E-state index is 11.0. The first-order valence-electron chi connectivity index (χ1n) is 7.54. The van der Waals surface area contributed by atoms with E-state index in [1.165, 1.54) is 0 Å². The summed E-state index contributed by atoms with van der Waals surface area (Å²) in [5, 5.41) is -0.463. The predicted molar refractivity (Wildman–Crippen MR) is 94.4 cm³/mol. The average molecular weight is 366 g/mol. The summed E-state index contributed by atoms with van der Waals surface area (Å²) in [4.78, 5) is 11.0. The van der Waals surface area contributed by atoms with Gasteiger partial charge in [0, 0.05) is 5.56 Å². The van der Waals surface area contributed by atoms with Gasteiger partial charge in [-0.05, 0) is 67.0 Å². The summed E-state index contributed by atoms with van der Waals surface area (Å²) in [6, 6.07) is 6.83. The first-order chi connectivity index (χ1) is 10.2. The van der Waals surface area contributed by atoms with Gasteiger partial charge in [0.1, 0.15) is 10.1 Å². The van der Waals surface area contributed by atoms with E-state index in [2.05, 4.69) is 13.8 Å². The van der Waals surface area contributed by atoms with Crippen LogP contribution in [-0.2, 0) is 0 Å². The third-order valence-corrected chi connectivity index (χ3v) is 4.65. The topological polar surface area (TPSA) is 26.3 Å². The Kier molecular flexibility index (Phi) is 8.02. The Labute approximate surface area is 148 Å². The van der Waals surface area contributed by atoms with Crippen molar-refractivity contribution in [2.45, 2.75) is 44.4 Å². The summed E-state index contributed by atoms with van der Waals surface area (Å²) in [6.07, 6.45) is 2.53. The standard InChI is InChI=1S/C17H23Cl3O2/c1-4-17(19,20)10-12(2)9-13(3)11-22-15-7-5-14(6-8-15)16(18)21/h5-8,12-13H,4,9-11H2,1-3H3. The second kappa shape index (κ2) is 9.00. The fourth-order valence-corrected chi connectivity index (χ4v) is 3.07. The van der Waals surface area contributed by atoms with Crippen molar-refractivity contribution in [3.63, 3.8) is 0 Å². The number of benzene rings is 1. The molecule has 22 heavy (non-hydrogen) atoms. The number of alkyl halides is 2. The largest absolute Gasteiger partial charge is 0.493 e. The van der Waals surface area contributed by atoms with Crippen LogP contribution in [0.1, 0.15) is 50.4 Å². The molecular weight excluding hydrogens is 343 g/mol. The maximum Gasteiger partial charge on any atom is 0.252 e. The molecule has 0 aliphatic heterocycles. The Morgan fingerprint density at radius 3 is 2.27 bits per heavy atom. The van der Waals surface area contributed by atoms with Gasteiger partial charge in [-0.15, -0.1) is 23.2 Å². The molecule has 5 heteroatoms. The number of hydrogen-bond donors (Lipinski definition) is 0. The van der Waals surface area contributed by atoms with Gasteiger partial charge in [0.2, 0.25) is 0 Å². The normalized spacial score (nSPS) is 14.5. The summed E-state index contributed by atoms with van der Waals surface area (Å²) in [6.45, 7) is 6.91. The molecule has 0 saturated carbocycles. The molecule has 1 aromatic rings. The monoisotopic (exact) mass is 364 g/mol. The quantitative estimate of drug-likeness (QED) is 0.391. The molecule has 0 bridgehead atoms. The summed E-state index contributed by atoms with van der Waals surface area (Å²) in [7, 11) is 0. The SMILES string of the molecule is CCC(Cl)(Cl)CC(C)CC(C)COc1ccc(C(=O)Cl)cc1. The molecule has 1 aromatic carbocycles. The highest BCUT2D eigenvalue weighted by Crippen LogP contribution is 2.34. The van der Waals surface area contributed by atoms with Crippen LogP contribution in [0.4, 0.5) is 0 Å². The van der Waals surface area contributed by atoms with E-state index in [1.807, 2.05) is 6.92 Å². The van der Waals surface area contributed by atoms with Gasteiger partial charge in [-0.2, -0.15) is 0 Å². The van der Waals surface area contributed by atoms with Crippen LogP contribution in [0, 0.1) is 11.8 Å². The number of halogens is 3. The fraction of sp³-hybridized carbons (Fsp3) is 0.588. The first-order valence-corrected chi connectivity index (χ1v) is 8.67. The molecule has 0 aromatic heterocycles. The highest BCUT2D eigenvalue weighted by Gasteiger charge is 2.25. The van der Waals surface area contributed by atoms with Crippen LogP contribution in [0.15, 0.2) is 24.3 Å². The molecule has 0 spiro atoms. The Morgan fingerprint density at radius 2 is 1.77 bits per heavy atom. The van der Waals surface area contributed by atoms with Crippen molar-refractivity contribution < 1.29 is 9.53 Å². The number of carbonyl (C=O) groups excluding carboxylic acids is 1. The van der Waals surface area contributed by atoms with E-state index >= 15 is 0 Å². The molecule has 0 fully saturated rings. The molecule has 0 aliphatic rings. The fourth-order valence-electron chi connectivity index (χ4n) is 2.41. The lowest BCUT2D eigenvalue weighted by atomic mass is 9.93. The molecule has 0 amide bonds. The van der Waals surface area contributed by atoms with Gasteiger partial charge in [-0.25, -0.2) is 0 Å². The first kappa shape index (κ1) is 19.6. The smallest absolute Gasteiger partial charge is 0.252 e. The summed E-state index contributed by atoms with van der Waals surface area (Å²) >= 11 is 17.8. The zero-order chi connectivity index (χ0) is 16.8. The van der Waals surface area contributed by atoms with Crippen molar-refractivity contribution in [1.82, 2.24) is 0 Å². The Balaban J connectivity index is 2.39. The van der Waals surface area contributed by atoms with Gasteiger partial charge in [-0.3, -0.25) is 4.79 Å². The molecule has 0 heterocycles. The van der Waals surface area contributed by atoms with Gasteiger partial charge < -0.3 is 4.74 Å². The van der Waals surface area contributed by atoms with Crippen LogP contribution >= 0.6 is 34.8 Å². The van der Waals surface area contributed by atoms with Gasteiger partial charge in [0.05, 0.1) is 6.61 Å². The zero-order valence-corrected chi connectivity index (χ0v) is 15.5. The van der Waals surface area contributed by atoms with E-state index in [-0.39, 0.29) is 0 Å². The number of carbonyl (C=O) groups is 1. The molecular formula is C17H23Cl3O2. The Hall–Kier alpha value is -0.440. The number of hydrogen-bond acceptors (Lipinski definition) is 2. The molecule has 2 unspecified atom stereocenters. The zero-order valence-electron chi connectivity index (χ0n) is 13.2. The molecule has 0 radical (unpaired) electrons. The lowest BCUT2D eigenvalue weighted by molar-refractivity contribution is 0.108. The van der Waals surface area contributed by atoms with E-state index in [1.54, 1.807) is 24.3 Å². The van der Waals surface area contributed by atoms with Gasteiger partial charge >= 0.3 is 0 Å². The van der Waals surface area contributed by atoms with Gasteiger partial charge in [-0.1, -0.05) is 20.8 Å². The van der Waals surface area contributed by atoms with Crippen molar-refractivity contribution in [2.75, 3.05) is 6.61 Å². The molecule has 0 aliphatic carbocycles. The van der Waals surface area contributed by atoms with Crippen molar-refractivity contribution in [3.8, 4) is 5.75 Å². The number of rotatable bonds is 9. The minimum absolute atomic E-state index is 0.394. The lowest BCUT2D eigenvalue weighted by Gasteiger charge is -2.24. The van der Waals surface area contributed by atoms with E-state index in [0.29, 0.717) is 24.0 Å². The molecule has 124 valence electrons. The van der Waals surface area contributed by atoms with Crippen molar-refractivity contribution in [1.29, 1.82) is 0 Å². The van der Waals surface area contributed by atoms with Crippen molar-refractivity contribution in [3.05, 3.63) is 29.8 Å². The lowest BCUT2D eigenvalue weighted by Crippen LogP contribution is -2.19. The van der Waals surface area contributed by atoms with Crippen LogP contribution in [-0.4, -0.2) is 16.2 Å². The van der Waals surface area contributed by atoms with E-state index in [9.17, 15) is 4.79 Å². The molecule has 2 atom stereocenters. The summed E-state index contributed by atoms with van der Waals surface area (Å²) in [5.41, 5.74) is 0.468. The van der Waals surface area contributed by atoms with E-state index < -0.39 is 9.58 Å². The molecule has 1 rings (SSSR count). The highest BCUT2D eigenvalue weighted by atomic mass is 35.5. The maximum atomic E-state index is 11.0. The van der Waals surface area contributed by atoms with Crippen molar-refractivity contribution >= 4 is 40.0 Å². The van der Waals surface area contributed by atoms with Crippen molar-refractivity contribution in [2.24, 2.45) is 11.8 Å². The predicted octanol–water partition coefficient (Wildman–Crippen LogP) is 6.08. The third-order valence-electron chi connectivity index (χ3n) is 3.58. The van der Waals surface area contributed by atoms with Crippen LogP contribution in [0.5, 0.6) is 5.75 Å². The molecule has 0 saturated heterocycles. The average Bonchev–Trinajstić information content (AvgIpc) is 2.44. The Bertz CT molecular complexity index is 471. The van der Waals surface area contributed by atoms with E-state index in [0.717, 1.165) is 25.0 Å². The minimum atomic E-state index is -0.635. The summed E-state index contributed by atoms with van der Waals surface area (Å²) < 4.78 is 5.10. The minimum Gasteiger partial charge on any atom is -0.493 e. The van der Waals surface area contributed by atoms with E-state index in [4.69, 9.17) is 39.5 Å². The molecule has 2 nitrogen and oxygen atoms in total. The third kappa shape index (κ3) is 7.21. The van der Waals surface area contributed by atoms with Crippen LogP contribution in [0.2, 0.25) is 0 Å². The van der Waals surface area contributed by atoms with Crippen LogP contribution < -0.4 is 4.74 Å². The second-order valence-corrected chi connectivity index (χ2v) is 7.95. The Morgan fingerprint density at radius 1 is 1.18 bits per heavy atom. The second-order valence-electron chi connectivity index (χ2n) is 5.97. The number of ether oxygens (including phenoxy) is 1. The van der Waals surface area contributed by atoms with Gasteiger partial charge in [0.15, 0.2) is 0 Å². The van der Waals surface area contributed by atoms with Crippen LogP contribution in [0.25, 0.3) is 0 Å². The van der Waals surface area contributed by atoms with Gasteiger partial charge in [0.25, 0.3) is 5.24 Å². The summed E-state index contributed by atoms with van der Waals surface area (Å²) in [5.74, 6) is 1.56. The highest BCUT2D eigenvalue weighted by molar-refractivity contribution is 6.67.